The molecule has 0 saturated carbocycles. The number of carbonyl (C=O) groups excluding carboxylic acids is 3. The van der Waals surface area contributed by atoms with E-state index in [1.807, 2.05) is 20.9 Å². The number of nitrogens with one attached hydrogen (secondary N) is 1. The summed E-state index contributed by atoms with van der Waals surface area (Å²) in [7, 11) is 0. The van der Waals surface area contributed by atoms with Crippen molar-refractivity contribution in [2.75, 3.05) is 46.2 Å². The lowest BCUT2D eigenvalue weighted by molar-refractivity contribution is -0.155. The summed E-state index contributed by atoms with van der Waals surface area (Å²) in [5, 5.41) is 3.33. The summed E-state index contributed by atoms with van der Waals surface area (Å²) >= 11 is 0. The fourth-order valence-electron chi connectivity index (χ4n) is 4.47. The maximum Gasteiger partial charge on any atom is 0.310 e. The van der Waals surface area contributed by atoms with E-state index in [2.05, 4.69) is 5.32 Å². The fourth-order valence-corrected chi connectivity index (χ4v) is 4.47. The van der Waals surface area contributed by atoms with Gasteiger partial charge in [-0.2, -0.15) is 0 Å². The molecular formula is C19H29N5O4. The third-order valence-corrected chi connectivity index (χ3v) is 6.20. The summed E-state index contributed by atoms with van der Waals surface area (Å²) in [5.41, 5.74) is 0.698. The number of rotatable bonds is 4. The predicted octanol–water partition coefficient (Wildman–Crippen LogP) is -0.286. The van der Waals surface area contributed by atoms with E-state index in [1.54, 1.807) is 11.8 Å². The lowest BCUT2D eigenvalue weighted by Crippen LogP contribution is -2.45. The molecule has 0 spiro atoms. The number of likely N-dealkylation sites (tertiary alicyclic amines) is 1. The summed E-state index contributed by atoms with van der Waals surface area (Å²) in [6.45, 7) is 6.03. The molecule has 2 amide bonds. The molecule has 0 unspecified atom stereocenters. The molecule has 3 saturated heterocycles. The molecule has 0 bridgehead atoms. The molecule has 9 heteroatoms. The minimum absolute atomic E-state index is 0.0549. The van der Waals surface area contributed by atoms with Gasteiger partial charge in [0.25, 0.3) is 5.91 Å². The maximum atomic E-state index is 12.7. The van der Waals surface area contributed by atoms with Gasteiger partial charge in [-0.3, -0.25) is 14.4 Å². The molecule has 4 rings (SSSR count). The van der Waals surface area contributed by atoms with Crippen molar-refractivity contribution in [2.24, 2.45) is 5.92 Å². The molecule has 0 aromatic carbocycles. The van der Waals surface area contributed by atoms with Crippen LogP contribution in [0.3, 0.4) is 0 Å². The van der Waals surface area contributed by atoms with E-state index in [0.29, 0.717) is 51.0 Å². The summed E-state index contributed by atoms with van der Waals surface area (Å²) in [6.07, 6.45) is 5.10. The zero-order valence-electron chi connectivity index (χ0n) is 16.4. The second-order valence-corrected chi connectivity index (χ2v) is 8.05. The number of esters is 1. The maximum absolute atomic E-state index is 12.7. The number of fused-ring (bicyclic) bond motifs is 1. The average Bonchev–Trinajstić information content (AvgIpc) is 3.25. The first-order valence-corrected chi connectivity index (χ1v) is 10.2. The number of nitrogens with zero attached hydrogens (tertiary/aromatic N) is 4. The summed E-state index contributed by atoms with van der Waals surface area (Å²) < 4.78 is 5.48. The molecule has 9 nitrogen and oxygen atoms in total. The molecule has 4 heterocycles. The Hall–Kier alpha value is -2.29. The zero-order valence-corrected chi connectivity index (χ0v) is 16.4. The van der Waals surface area contributed by atoms with Crippen LogP contribution in [-0.4, -0.2) is 89.7 Å². The van der Waals surface area contributed by atoms with Crippen molar-refractivity contribution in [3.05, 3.63) is 11.9 Å². The number of hydrogen-bond acceptors (Lipinski definition) is 7. The molecule has 4 aliphatic rings. The van der Waals surface area contributed by atoms with Gasteiger partial charge < -0.3 is 29.7 Å². The van der Waals surface area contributed by atoms with Gasteiger partial charge in [-0.1, -0.05) is 0 Å². The lowest BCUT2D eigenvalue weighted by atomic mass is 9.97. The minimum atomic E-state index is -0.212. The van der Waals surface area contributed by atoms with E-state index in [0.717, 1.165) is 25.9 Å². The first-order chi connectivity index (χ1) is 13.5. The van der Waals surface area contributed by atoms with Crippen LogP contribution < -0.4 is 5.32 Å². The van der Waals surface area contributed by atoms with E-state index >= 15 is 0 Å². The van der Waals surface area contributed by atoms with E-state index < -0.39 is 0 Å². The van der Waals surface area contributed by atoms with E-state index in [1.165, 1.54) is 0 Å². The molecule has 3 fully saturated rings. The molecule has 4 aliphatic heterocycles. The van der Waals surface area contributed by atoms with Gasteiger partial charge in [0.15, 0.2) is 6.73 Å². The molecule has 0 radical (unpaired) electrons. The number of hydrogen-bond donors (Lipinski definition) is 1. The third-order valence-electron chi connectivity index (χ3n) is 6.20. The van der Waals surface area contributed by atoms with E-state index in [4.69, 9.17) is 4.74 Å². The number of amides is 2. The van der Waals surface area contributed by atoms with Crippen molar-refractivity contribution in [3.63, 3.8) is 0 Å². The Labute approximate surface area is 165 Å². The van der Waals surface area contributed by atoms with Gasteiger partial charge in [0.2, 0.25) is 5.91 Å². The highest BCUT2D eigenvalue weighted by molar-refractivity contribution is 5.95. The summed E-state index contributed by atoms with van der Waals surface area (Å²) in [5.74, 6) is -0.226. The summed E-state index contributed by atoms with van der Waals surface area (Å²) in [4.78, 5) is 44.1. The second kappa shape index (κ2) is 7.98. The van der Waals surface area contributed by atoms with E-state index in [-0.39, 0.29) is 30.4 Å². The average molecular weight is 391 g/mol. The molecule has 28 heavy (non-hydrogen) atoms. The van der Waals surface area contributed by atoms with Gasteiger partial charge in [-0.15, -0.1) is 0 Å². The largest absolute Gasteiger partial charge is 0.444 e. The first-order valence-electron chi connectivity index (χ1n) is 10.2. The SMILES string of the molecule is CC(=O)N1CCC(C(=O)OCN2C=C3C(=O)N(C4CCNCC4)CN3C2)CC1. The van der Waals surface area contributed by atoms with Crippen molar-refractivity contribution in [3.8, 4) is 0 Å². The molecule has 0 aromatic rings. The Balaban J connectivity index is 1.25. The lowest BCUT2D eigenvalue weighted by Gasteiger charge is -2.32. The van der Waals surface area contributed by atoms with Crippen LogP contribution in [0, 0.1) is 5.92 Å². The highest BCUT2D eigenvalue weighted by Gasteiger charge is 2.41. The van der Waals surface area contributed by atoms with Gasteiger partial charge in [-0.05, 0) is 38.8 Å². The van der Waals surface area contributed by atoms with Crippen molar-refractivity contribution >= 4 is 17.8 Å². The number of piperidine rings is 2. The molecular weight excluding hydrogens is 362 g/mol. The van der Waals surface area contributed by atoms with Crippen molar-refractivity contribution in [1.82, 2.24) is 24.9 Å². The van der Waals surface area contributed by atoms with Crippen LogP contribution in [-0.2, 0) is 19.1 Å². The Morgan fingerprint density at radius 3 is 2.50 bits per heavy atom. The predicted molar refractivity (Wildman–Crippen MR) is 100 cm³/mol. The smallest absolute Gasteiger partial charge is 0.310 e. The number of ether oxygens (including phenoxy) is 1. The number of carbonyl (C=O) groups is 3. The molecule has 154 valence electrons. The van der Waals surface area contributed by atoms with Gasteiger partial charge >= 0.3 is 5.97 Å². The Morgan fingerprint density at radius 1 is 1.14 bits per heavy atom. The Bertz CT molecular complexity index is 667. The van der Waals surface area contributed by atoms with Crippen LogP contribution in [0.15, 0.2) is 11.9 Å². The van der Waals surface area contributed by atoms with Gasteiger partial charge in [0.05, 0.1) is 19.3 Å². The topological polar surface area (TPSA) is 85.4 Å². The van der Waals surface area contributed by atoms with Crippen LogP contribution in [0.2, 0.25) is 0 Å². The highest BCUT2D eigenvalue weighted by atomic mass is 16.5. The normalized spacial score (nSPS) is 23.9. The van der Waals surface area contributed by atoms with Crippen molar-refractivity contribution in [1.29, 1.82) is 0 Å². The van der Waals surface area contributed by atoms with Gasteiger partial charge in [-0.25, -0.2) is 0 Å². The van der Waals surface area contributed by atoms with Crippen LogP contribution in [0.4, 0.5) is 0 Å². The zero-order chi connectivity index (χ0) is 19.7. The van der Waals surface area contributed by atoms with Crippen LogP contribution >= 0.6 is 0 Å². The van der Waals surface area contributed by atoms with Gasteiger partial charge in [0.1, 0.15) is 5.70 Å². The minimum Gasteiger partial charge on any atom is -0.444 e. The van der Waals surface area contributed by atoms with Crippen LogP contribution in [0.1, 0.15) is 32.6 Å². The molecule has 0 atom stereocenters. The molecule has 0 aliphatic carbocycles. The van der Waals surface area contributed by atoms with Crippen LogP contribution in [0.5, 0.6) is 0 Å². The van der Waals surface area contributed by atoms with E-state index in [9.17, 15) is 14.4 Å². The monoisotopic (exact) mass is 391 g/mol. The summed E-state index contributed by atoms with van der Waals surface area (Å²) in [6, 6.07) is 0.312. The highest BCUT2D eigenvalue weighted by Crippen LogP contribution is 2.28. The Kier molecular flexibility index (Phi) is 5.43. The fraction of sp³-hybridized carbons (Fsp3) is 0.737. The van der Waals surface area contributed by atoms with Gasteiger partial charge in [0, 0.05) is 32.3 Å². The standard InChI is InChI=1S/C19H29N5O4/c1-14(25)22-8-4-15(5-9-22)19(27)28-13-21-10-17-18(26)24(12-23(17)11-21)16-2-6-20-7-3-16/h10,15-16,20H,2-9,11-13H2,1H3. The van der Waals surface area contributed by atoms with Crippen molar-refractivity contribution in [2.45, 2.75) is 38.6 Å². The quantitative estimate of drug-likeness (QED) is 0.660. The first kappa shape index (κ1) is 19.0. The Morgan fingerprint density at radius 2 is 1.86 bits per heavy atom. The third kappa shape index (κ3) is 3.80. The molecule has 0 aromatic heterocycles. The molecule has 1 N–H and O–H groups in total. The second-order valence-electron chi connectivity index (χ2n) is 8.05. The van der Waals surface area contributed by atoms with Crippen LogP contribution in [0.25, 0.3) is 0 Å². The van der Waals surface area contributed by atoms with Crippen molar-refractivity contribution < 1.29 is 19.1 Å².